The third-order valence-electron chi connectivity index (χ3n) is 4.40. The molecule has 0 aromatic heterocycles. The van der Waals surface area contributed by atoms with Crippen LogP contribution in [0.2, 0.25) is 0 Å². The minimum Gasteiger partial charge on any atom is -0.329 e. The van der Waals surface area contributed by atoms with Gasteiger partial charge in [-0.15, -0.1) is 0 Å². The molecule has 0 fully saturated rings. The van der Waals surface area contributed by atoms with Gasteiger partial charge in [0.15, 0.2) is 0 Å². The van der Waals surface area contributed by atoms with Crippen LogP contribution in [0, 0.1) is 5.82 Å². The third kappa shape index (κ3) is 3.36. The summed E-state index contributed by atoms with van der Waals surface area (Å²) < 4.78 is 13.1. The molecule has 2 aromatic rings. The number of hydrogen-bond acceptors (Lipinski definition) is 1. The number of carbonyl (C=O) groups is 1. The van der Waals surface area contributed by atoms with Gasteiger partial charge in [0.2, 0.25) is 0 Å². The van der Waals surface area contributed by atoms with E-state index in [4.69, 9.17) is 0 Å². The van der Waals surface area contributed by atoms with E-state index in [9.17, 15) is 9.18 Å². The van der Waals surface area contributed by atoms with Crippen LogP contribution in [0.15, 0.2) is 48.5 Å². The van der Waals surface area contributed by atoms with Crippen LogP contribution in [-0.2, 0) is 18.5 Å². The van der Waals surface area contributed by atoms with E-state index in [0.717, 1.165) is 12.0 Å². The summed E-state index contributed by atoms with van der Waals surface area (Å²) in [6, 6.07) is 14.4. The third-order valence-corrected chi connectivity index (χ3v) is 4.40. The maximum Gasteiger partial charge on any atom is 0.318 e. The van der Waals surface area contributed by atoms with Gasteiger partial charge in [0.1, 0.15) is 5.82 Å². The van der Waals surface area contributed by atoms with Gasteiger partial charge in [-0.1, -0.05) is 36.4 Å². The quantitative estimate of drug-likeness (QED) is 0.898. The van der Waals surface area contributed by atoms with Crippen molar-refractivity contribution in [1.29, 1.82) is 0 Å². The molecule has 0 unspecified atom stereocenters. The summed E-state index contributed by atoms with van der Waals surface area (Å²) in [6.45, 7) is 5.19. The van der Waals surface area contributed by atoms with Crippen LogP contribution in [0.3, 0.4) is 0 Å². The monoisotopic (exact) mass is 312 g/mol. The minimum absolute atomic E-state index is 0.0890. The molecule has 0 spiro atoms. The highest BCUT2D eigenvalue weighted by molar-refractivity contribution is 5.75. The number of halogens is 1. The maximum absolute atomic E-state index is 13.1. The van der Waals surface area contributed by atoms with Crippen molar-refractivity contribution in [2.24, 2.45) is 0 Å². The first-order chi connectivity index (χ1) is 11.0. The van der Waals surface area contributed by atoms with E-state index < -0.39 is 5.54 Å². The molecule has 0 saturated carbocycles. The lowest BCUT2D eigenvalue weighted by atomic mass is 9.94. The van der Waals surface area contributed by atoms with Gasteiger partial charge < -0.3 is 10.2 Å². The summed E-state index contributed by atoms with van der Waals surface area (Å²) in [5, 5.41) is 3.06. The van der Waals surface area contributed by atoms with Crippen molar-refractivity contribution < 1.29 is 9.18 Å². The van der Waals surface area contributed by atoms with E-state index in [1.165, 1.54) is 23.3 Å². The molecule has 3 nitrogen and oxygen atoms in total. The summed E-state index contributed by atoms with van der Waals surface area (Å²) in [4.78, 5) is 14.4. The number of amides is 2. The lowest BCUT2D eigenvalue weighted by Crippen LogP contribution is -2.49. The first-order valence-corrected chi connectivity index (χ1v) is 7.85. The van der Waals surface area contributed by atoms with E-state index in [1.807, 2.05) is 30.9 Å². The second-order valence-corrected chi connectivity index (χ2v) is 6.50. The van der Waals surface area contributed by atoms with Crippen molar-refractivity contribution in [2.75, 3.05) is 6.54 Å². The molecule has 1 aliphatic heterocycles. The Morgan fingerprint density at radius 3 is 2.43 bits per heavy atom. The molecule has 0 bridgehead atoms. The Morgan fingerprint density at radius 2 is 1.74 bits per heavy atom. The van der Waals surface area contributed by atoms with Gasteiger partial charge in [0.25, 0.3) is 0 Å². The fourth-order valence-corrected chi connectivity index (χ4v) is 2.95. The average Bonchev–Trinajstić information content (AvgIpc) is 2.54. The molecule has 0 atom stereocenters. The van der Waals surface area contributed by atoms with E-state index in [1.54, 1.807) is 12.1 Å². The number of urea groups is 1. The summed E-state index contributed by atoms with van der Waals surface area (Å²) in [5.41, 5.74) is 2.84. The molecule has 1 heterocycles. The number of hydrogen-bond donors (Lipinski definition) is 1. The lowest BCUT2D eigenvalue weighted by molar-refractivity contribution is 0.181. The number of rotatable bonds is 2. The van der Waals surface area contributed by atoms with Gasteiger partial charge >= 0.3 is 6.03 Å². The van der Waals surface area contributed by atoms with E-state index in [2.05, 4.69) is 17.4 Å². The molecule has 120 valence electrons. The van der Waals surface area contributed by atoms with Crippen LogP contribution in [0.5, 0.6) is 0 Å². The first-order valence-electron chi connectivity index (χ1n) is 7.85. The van der Waals surface area contributed by atoms with Gasteiger partial charge in [-0.2, -0.15) is 0 Å². The first kappa shape index (κ1) is 15.5. The Labute approximate surface area is 136 Å². The number of carbonyl (C=O) groups excluding carboxylic acids is 1. The van der Waals surface area contributed by atoms with Gasteiger partial charge in [-0.05, 0) is 49.1 Å². The molecule has 0 radical (unpaired) electrons. The van der Waals surface area contributed by atoms with Crippen LogP contribution in [0.25, 0.3) is 0 Å². The maximum atomic E-state index is 13.1. The number of nitrogens with zero attached hydrogens (tertiary/aromatic N) is 1. The molecule has 23 heavy (non-hydrogen) atoms. The zero-order valence-electron chi connectivity index (χ0n) is 13.5. The van der Waals surface area contributed by atoms with Crippen LogP contribution >= 0.6 is 0 Å². The number of benzene rings is 2. The van der Waals surface area contributed by atoms with Gasteiger partial charge in [0.05, 0.1) is 5.54 Å². The molecular weight excluding hydrogens is 291 g/mol. The normalized spacial score (nSPS) is 14.3. The molecule has 0 aliphatic carbocycles. The lowest BCUT2D eigenvalue weighted by Gasteiger charge is -2.34. The Balaban J connectivity index is 1.71. The molecule has 1 N–H and O–H groups in total. The van der Waals surface area contributed by atoms with Crippen molar-refractivity contribution in [3.63, 3.8) is 0 Å². The van der Waals surface area contributed by atoms with E-state index in [0.29, 0.717) is 13.1 Å². The summed E-state index contributed by atoms with van der Waals surface area (Å²) in [5.74, 6) is -0.275. The van der Waals surface area contributed by atoms with Crippen molar-refractivity contribution in [3.8, 4) is 0 Å². The van der Waals surface area contributed by atoms with Gasteiger partial charge in [-0.3, -0.25) is 0 Å². The fraction of sp³-hybridized carbons (Fsp3) is 0.316. The van der Waals surface area contributed by atoms with Gasteiger partial charge in [0, 0.05) is 13.1 Å². The molecule has 1 aliphatic rings. The van der Waals surface area contributed by atoms with E-state index >= 15 is 0 Å². The smallest absolute Gasteiger partial charge is 0.318 e. The predicted molar refractivity (Wildman–Crippen MR) is 88.5 cm³/mol. The zero-order chi connectivity index (χ0) is 16.4. The zero-order valence-corrected chi connectivity index (χ0v) is 13.5. The van der Waals surface area contributed by atoms with Crippen molar-refractivity contribution >= 4 is 6.03 Å². The predicted octanol–water partition coefficient (Wildman–Crippen LogP) is 3.83. The molecule has 2 aromatic carbocycles. The summed E-state index contributed by atoms with van der Waals surface area (Å²) in [6.07, 6.45) is 0.876. The van der Waals surface area contributed by atoms with Crippen LogP contribution < -0.4 is 5.32 Å². The Morgan fingerprint density at radius 1 is 1.09 bits per heavy atom. The Bertz CT molecular complexity index is 710. The molecule has 4 heteroatoms. The molecule has 2 amide bonds. The SMILES string of the molecule is CC(C)(NC(=O)N1CCc2ccccc2C1)c1ccc(F)cc1. The van der Waals surface area contributed by atoms with Crippen LogP contribution in [0.1, 0.15) is 30.5 Å². The van der Waals surface area contributed by atoms with Crippen LogP contribution in [-0.4, -0.2) is 17.5 Å². The highest BCUT2D eigenvalue weighted by Crippen LogP contribution is 2.23. The Kier molecular flexibility index (Phi) is 4.07. The average molecular weight is 312 g/mol. The van der Waals surface area contributed by atoms with Crippen molar-refractivity contribution in [3.05, 3.63) is 71.0 Å². The fourth-order valence-electron chi connectivity index (χ4n) is 2.95. The topological polar surface area (TPSA) is 32.3 Å². The molecule has 3 rings (SSSR count). The number of fused-ring (bicyclic) bond motifs is 1. The second-order valence-electron chi connectivity index (χ2n) is 6.50. The van der Waals surface area contributed by atoms with Crippen molar-refractivity contribution in [1.82, 2.24) is 10.2 Å². The molecular formula is C19H21FN2O. The largest absolute Gasteiger partial charge is 0.329 e. The highest BCUT2D eigenvalue weighted by atomic mass is 19.1. The van der Waals surface area contributed by atoms with Crippen LogP contribution in [0.4, 0.5) is 9.18 Å². The summed E-state index contributed by atoms with van der Waals surface area (Å²) >= 11 is 0. The second kappa shape index (κ2) is 6.03. The standard InChI is InChI=1S/C19H21FN2O/c1-19(2,16-7-9-17(20)10-8-16)21-18(23)22-12-11-14-5-3-4-6-15(14)13-22/h3-10H,11-13H2,1-2H3,(H,21,23). The number of nitrogens with one attached hydrogen (secondary N) is 1. The van der Waals surface area contributed by atoms with Gasteiger partial charge in [-0.25, -0.2) is 9.18 Å². The summed E-state index contributed by atoms with van der Waals surface area (Å²) in [7, 11) is 0. The van der Waals surface area contributed by atoms with E-state index in [-0.39, 0.29) is 11.8 Å². The van der Waals surface area contributed by atoms with Crippen molar-refractivity contribution in [2.45, 2.75) is 32.4 Å². The minimum atomic E-state index is -0.554. The molecule has 0 saturated heterocycles. The highest BCUT2D eigenvalue weighted by Gasteiger charge is 2.27. The Hall–Kier alpha value is -2.36.